The van der Waals surface area contributed by atoms with Crippen LogP contribution in [0, 0.1) is 5.92 Å². The predicted octanol–water partition coefficient (Wildman–Crippen LogP) is 3.19. The van der Waals surface area contributed by atoms with Crippen molar-refractivity contribution in [1.82, 2.24) is 24.7 Å². The maximum Gasteiger partial charge on any atom is 0.437 e. The number of halogens is 3. The number of fused-ring (bicyclic) bond motifs is 1. The van der Waals surface area contributed by atoms with Gasteiger partial charge in [-0.1, -0.05) is 6.92 Å². The molecule has 1 atom stereocenters. The largest absolute Gasteiger partial charge is 0.437 e. The number of rotatable bonds is 4. The Morgan fingerprint density at radius 1 is 1.21 bits per heavy atom. The van der Waals surface area contributed by atoms with Crippen molar-refractivity contribution in [2.24, 2.45) is 5.92 Å². The van der Waals surface area contributed by atoms with E-state index in [-0.39, 0.29) is 11.7 Å². The zero-order chi connectivity index (χ0) is 23.9. The quantitative estimate of drug-likeness (QED) is 0.612. The Kier molecular flexibility index (Phi) is 5.62. The molecule has 2 aliphatic heterocycles. The van der Waals surface area contributed by atoms with Crippen LogP contribution in [0.5, 0.6) is 0 Å². The lowest BCUT2D eigenvalue weighted by molar-refractivity contribution is -0.141. The van der Waals surface area contributed by atoms with Gasteiger partial charge in [-0.3, -0.25) is 4.79 Å². The van der Waals surface area contributed by atoms with Gasteiger partial charge < -0.3 is 24.1 Å². The number of oxazole rings is 1. The molecule has 1 fully saturated rings. The molecule has 1 amide bonds. The average Bonchev–Trinajstić information content (AvgIpc) is 3.46. The highest BCUT2D eigenvalue weighted by Crippen LogP contribution is 2.35. The van der Waals surface area contributed by atoms with Crippen LogP contribution in [0.15, 0.2) is 29.1 Å². The van der Waals surface area contributed by atoms with E-state index in [0.29, 0.717) is 44.5 Å². The van der Waals surface area contributed by atoms with E-state index < -0.39 is 23.5 Å². The second-order valence-corrected chi connectivity index (χ2v) is 8.59. The van der Waals surface area contributed by atoms with Gasteiger partial charge in [0.25, 0.3) is 11.9 Å². The van der Waals surface area contributed by atoms with Gasteiger partial charge in [0.15, 0.2) is 11.5 Å². The summed E-state index contributed by atoms with van der Waals surface area (Å²) in [5, 5.41) is 10.4. The monoisotopic (exact) mass is 476 g/mol. The number of carbonyl (C=O) groups excluding carboxylic acids is 1. The summed E-state index contributed by atoms with van der Waals surface area (Å²) < 4.78 is 48.1. The van der Waals surface area contributed by atoms with E-state index >= 15 is 0 Å². The maximum absolute atomic E-state index is 13.6. The summed E-state index contributed by atoms with van der Waals surface area (Å²) in [7, 11) is 0. The van der Waals surface area contributed by atoms with Gasteiger partial charge in [0.1, 0.15) is 12.1 Å². The molecule has 0 spiro atoms. The van der Waals surface area contributed by atoms with E-state index in [1.54, 1.807) is 23.4 Å². The van der Waals surface area contributed by atoms with Gasteiger partial charge in [-0.15, -0.1) is 10.2 Å². The van der Waals surface area contributed by atoms with E-state index in [2.05, 4.69) is 25.5 Å². The molecule has 1 saturated heterocycles. The topological polar surface area (TPSA) is 105 Å². The molecule has 5 rings (SSSR count). The first-order chi connectivity index (χ1) is 16.3. The van der Waals surface area contributed by atoms with E-state index in [0.717, 1.165) is 18.7 Å². The lowest BCUT2D eigenvalue weighted by Crippen LogP contribution is -2.34. The van der Waals surface area contributed by atoms with Gasteiger partial charge >= 0.3 is 6.18 Å². The van der Waals surface area contributed by atoms with E-state index in [4.69, 9.17) is 4.42 Å². The lowest BCUT2D eigenvalue weighted by Gasteiger charge is -2.29. The highest BCUT2D eigenvalue weighted by Gasteiger charge is 2.42. The van der Waals surface area contributed by atoms with Crippen LogP contribution in [0.25, 0.3) is 0 Å². The third-order valence-corrected chi connectivity index (χ3v) is 5.99. The summed E-state index contributed by atoms with van der Waals surface area (Å²) in [6.07, 6.45) is 0.0436. The number of alkyl halides is 3. The van der Waals surface area contributed by atoms with Crippen LogP contribution in [-0.4, -0.2) is 50.3 Å². The summed E-state index contributed by atoms with van der Waals surface area (Å²) >= 11 is 0. The number of nitrogens with zero attached hydrogens (tertiary/aromatic N) is 7. The number of hydrogen-bond donors (Lipinski definition) is 1. The molecule has 0 saturated carbocycles. The Morgan fingerprint density at radius 2 is 2.06 bits per heavy atom. The molecule has 0 radical (unpaired) electrons. The van der Waals surface area contributed by atoms with E-state index in [1.165, 1.54) is 6.20 Å². The number of anilines is 3. The number of pyridine rings is 1. The average molecular weight is 476 g/mol. The van der Waals surface area contributed by atoms with Crippen molar-refractivity contribution in [3.05, 3.63) is 41.9 Å². The highest BCUT2D eigenvalue weighted by molar-refractivity contribution is 6.03. The van der Waals surface area contributed by atoms with Crippen LogP contribution in [0.1, 0.15) is 41.8 Å². The molecule has 5 heterocycles. The smallest absolute Gasteiger partial charge is 0.417 e. The zero-order valence-corrected chi connectivity index (χ0v) is 18.4. The molecule has 0 aromatic carbocycles. The van der Waals surface area contributed by atoms with Gasteiger partial charge in [0, 0.05) is 26.2 Å². The Balaban J connectivity index is 1.32. The molecule has 2 aliphatic rings. The first-order valence-electron chi connectivity index (χ1n) is 11.0. The lowest BCUT2D eigenvalue weighted by atomic mass is 10.0. The molecule has 0 aliphatic carbocycles. The number of carbonyl (C=O) groups is 1. The van der Waals surface area contributed by atoms with Gasteiger partial charge in [0.2, 0.25) is 5.76 Å². The van der Waals surface area contributed by atoms with Crippen molar-refractivity contribution in [2.75, 3.05) is 34.8 Å². The van der Waals surface area contributed by atoms with E-state index in [9.17, 15) is 18.0 Å². The Hall–Kier alpha value is -3.64. The van der Waals surface area contributed by atoms with E-state index in [1.807, 2.05) is 16.4 Å². The van der Waals surface area contributed by atoms with Crippen molar-refractivity contribution < 1.29 is 22.4 Å². The van der Waals surface area contributed by atoms with Crippen molar-refractivity contribution in [3.63, 3.8) is 0 Å². The minimum absolute atomic E-state index is 0.185. The molecular weight excluding hydrogens is 453 g/mol. The summed E-state index contributed by atoms with van der Waals surface area (Å²) in [4.78, 5) is 24.3. The van der Waals surface area contributed by atoms with Gasteiger partial charge in [-0.05, 0) is 30.9 Å². The minimum atomic E-state index is -4.83. The molecule has 180 valence electrons. The maximum atomic E-state index is 13.6. The summed E-state index contributed by atoms with van der Waals surface area (Å²) in [6, 6.07) is 3.08. The van der Waals surface area contributed by atoms with Crippen LogP contribution in [0.3, 0.4) is 0 Å². The third kappa shape index (κ3) is 4.41. The molecule has 34 heavy (non-hydrogen) atoms. The zero-order valence-electron chi connectivity index (χ0n) is 18.4. The van der Waals surface area contributed by atoms with Crippen LogP contribution >= 0.6 is 0 Å². The molecule has 13 heteroatoms. The molecule has 3 aromatic rings. The first-order valence-corrected chi connectivity index (χ1v) is 11.0. The predicted molar refractivity (Wildman–Crippen MR) is 115 cm³/mol. The van der Waals surface area contributed by atoms with Gasteiger partial charge in [0.05, 0.1) is 18.4 Å². The number of amides is 1. The van der Waals surface area contributed by atoms with Gasteiger partial charge in [-0.2, -0.15) is 18.2 Å². The number of aromatic nitrogens is 5. The molecule has 1 N–H and O–H groups in total. The van der Waals surface area contributed by atoms with Crippen LogP contribution in [-0.2, 0) is 19.3 Å². The standard InChI is InChI=1S/C21H23F3N8O2/c1-13-3-2-6-31(10-13)20-28-18(21(22,23)24)17(34-20)19(33)27-14-4-5-15(25-9-14)30-7-8-32-12-26-29-16(32)11-30/h4-5,9,12-13H,2-3,6-8,10-11H2,1H3,(H,27,33). The van der Waals surface area contributed by atoms with Crippen LogP contribution in [0.2, 0.25) is 0 Å². The minimum Gasteiger partial charge on any atom is -0.417 e. The molecule has 1 unspecified atom stereocenters. The summed E-state index contributed by atoms with van der Waals surface area (Å²) in [5.74, 6) is -0.122. The molecule has 10 nitrogen and oxygen atoms in total. The first kappa shape index (κ1) is 22.2. The Labute approximate surface area is 192 Å². The van der Waals surface area contributed by atoms with Gasteiger partial charge in [-0.25, -0.2) is 4.98 Å². The number of nitrogens with one attached hydrogen (secondary N) is 1. The second-order valence-electron chi connectivity index (χ2n) is 8.59. The van der Waals surface area contributed by atoms with Crippen molar-refractivity contribution in [1.29, 1.82) is 0 Å². The van der Waals surface area contributed by atoms with Crippen molar-refractivity contribution in [3.8, 4) is 0 Å². The van der Waals surface area contributed by atoms with Crippen molar-refractivity contribution >= 4 is 23.4 Å². The number of piperidine rings is 1. The van der Waals surface area contributed by atoms with Crippen LogP contribution in [0.4, 0.5) is 30.7 Å². The molecular formula is C21H23F3N8O2. The molecule has 0 bridgehead atoms. The fraction of sp³-hybridized carbons (Fsp3) is 0.476. The number of hydrogen-bond acceptors (Lipinski definition) is 8. The van der Waals surface area contributed by atoms with Crippen molar-refractivity contribution in [2.45, 2.75) is 39.0 Å². The normalized spacial score (nSPS) is 18.6. The summed E-state index contributed by atoms with van der Waals surface area (Å²) in [6.45, 7) is 5.02. The Morgan fingerprint density at radius 3 is 2.79 bits per heavy atom. The summed E-state index contributed by atoms with van der Waals surface area (Å²) in [5.41, 5.74) is -1.09. The highest BCUT2D eigenvalue weighted by atomic mass is 19.4. The Bertz CT molecular complexity index is 1170. The molecule has 3 aromatic heterocycles. The van der Waals surface area contributed by atoms with Crippen LogP contribution < -0.4 is 15.1 Å². The fourth-order valence-electron chi connectivity index (χ4n) is 4.25. The second kappa shape index (κ2) is 8.61. The fourth-order valence-corrected chi connectivity index (χ4v) is 4.25. The third-order valence-electron chi connectivity index (χ3n) is 5.99. The SMILES string of the molecule is CC1CCCN(c2nc(C(F)(F)F)c(C(=O)Nc3ccc(N4CCn5cnnc5C4)nc3)o2)C1.